The Morgan fingerprint density at radius 1 is 1.27 bits per heavy atom. The maximum Gasteiger partial charge on any atom is 0.332 e. The van der Waals surface area contributed by atoms with Crippen molar-refractivity contribution >= 4 is 11.2 Å². The van der Waals surface area contributed by atoms with Gasteiger partial charge in [0.05, 0.1) is 11.6 Å². The minimum absolute atomic E-state index is 0.118. The van der Waals surface area contributed by atoms with Gasteiger partial charge in [-0.15, -0.1) is 0 Å². The fourth-order valence-corrected chi connectivity index (χ4v) is 2.26. The fourth-order valence-electron chi connectivity index (χ4n) is 2.26. The van der Waals surface area contributed by atoms with E-state index in [1.54, 1.807) is 0 Å². The highest BCUT2D eigenvalue weighted by Crippen LogP contribution is 2.23. The first kappa shape index (κ1) is 13.8. The smallest absolute Gasteiger partial charge is 0.332 e. The van der Waals surface area contributed by atoms with Crippen LogP contribution in [0.25, 0.3) is 22.6 Å². The number of H-pyrrole nitrogens is 1. The van der Waals surface area contributed by atoms with Gasteiger partial charge in [0.2, 0.25) is 0 Å². The van der Waals surface area contributed by atoms with Crippen LogP contribution in [0.2, 0.25) is 0 Å². The van der Waals surface area contributed by atoms with Gasteiger partial charge in [-0.1, -0.05) is 0 Å². The summed E-state index contributed by atoms with van der Waals surface area (Å²) < 4.78 is 15.6. The van der Waals surface area contributed by atoms with E-state index in [4.69, 9.17) is 5.26 Å². The summed E-state index contributed by atoms with van der Waals surface area (Å²) >= 11 is 0. The Bertz CT molecular complexity index is 1070. The number of benzene rings is 1. The molecule has 0 saturated heterocycles. The molecule has 3 aromatic rings. The van der Waals surface area contributed by atoms with E-state index >= 15 is 0 Å². The van der Waals surface area contributed by atoms with Crippen LogP contribution < -0.4 is 11.2 Å². The van der Waals surface area contributed by atoms with Crippen molar-refractivity contribution in [3.63, 3.8) is 0 Å². The van der Waals surface area contributed by atoms with Crippen molar-refractivity contribution in [3.8, 4) is 17.5 Å². The van der Waals surface area contributed by atoms with Crippen LogP contribution in [0.3, 0.4) is 0 Å². The lowest BCUT2D eigenvalue weighted by atomic mass is 10.1. The lowest BCUT2D eigenvalue weighted by Crippen LogP contribution is -2.36. The van der Waals surface area contributed by atoms with E-state index in [9.17, 15) is 14.0 Å². The maximum atomic E-state index is 13.4. The Morgan fingerprint density at radius 3 is 2.68 bits per heavy atom. The van der Waals surface area contributed by atoms with Gasteiger partial charge in [-0.25, -0.2) is 14.2 Å². The van der Waals surface area contributed by atoms with Crippen LogP contribution in [-0.2, 0) is 14.1 Å². The number of aryl methyl sites for hydroxylation is 1. The lowest BCUT2D eigenvalue weighted by Gasteiger charge is -2.00. The molecule has 0 saturated carbocycles. The van der Waals surface area contributed by atoms with Gasteiger partial charge in [-0.2, -0.15) is 5.26 Å². The van der Waals surface area contributed by atoms with E-state index in [0.29, 0.717) is 0 Å². The van der Waals surface area contributed by atoms with Gasteiger partial charge in [0, 0.05) is 19.7 Å². The van der Waals surface area contributed by atoms with E-state index in [-0.39, 0.29) is 28.1 Å². The molecule has 110 valence electrons. The van der Waals surface area contributed by atoms with Gasteiger partial charge >= 0.3 is 5.69 Å². The summed E-state index contributed by atoms with van der Waals surface area (Å²) in [5.41, 5.74) is -0.346. The van der Waals surface area contributed by atoms with E-state index in [1.165, 1.54) is 30.8 Å². The third kappa shape index (κ3) is 1.83. The first-order valence-electron chi connectivity index (χ1n) is 6.29. The molecular weight excluding hydrogens is 289 g/mol. The summed E-state index contributed by atoms with van der Waals surface area (Å²) in [7, 11) is 2.83. The zero-order valence-electron chi connectivity index (χ0n) is 11.7. The van der Waals surface area contributed by atoms with Crippen molar-refractivity contribution in [2.75, 3.05) is 0 Å². The molecule has 0 aliphatic heterocycles. The average Bonchev–Trinajstić information content (AvgIpc) is 2.96. The number of nitrogens with zero attached hydrogens (tertiary/aromatic N) is 4. The number of aromatic nitrogens is 4. The molecule has 1 N–H and O–H groups in total. The van der Waals surface area contributed by atoms with Crippen LogP contribution in [0.5, 0.6) is 0 Å². The zero-order valence-corrected chi connectivity index (χ0v) is 11.7. The highest BCUT2D eigenvalue weighted by Gasteiger charge is 2.16. The molecular formula is C14H10FN5O2. The molecule has 0 amide bonds. The number of rotatable bonds is 1. The summed E-state index contributed by atoms with van der Waals surface area (Å²) in [6.45, 7) is 0. The topological polar surface area (TPSA) is 96.5 Å². The lowest BCUT2D eigenvalue weighted by molar-refractivity contribution is 0.628. The standard InChI is InChI=1S/C14H10FN5O2/c1-19-12-10(13(21)20(2)14(19)22)17-11(18-12)9-5-8(15)4-3-7(9)6-16/h3-5H,1-2H3,(H,17,18). The summed E-state index contributed by atoms with van der Waals surface area (Å²) in [5, 5.41) is 9.11. The van der Waals surface area contributed by atoms with Crippen LogP contribution in [0.4, 0.5) is 4.39 Å². The molecule has 0 atom stereocenters. The number of hydrogen-bond acceptors (Lipinski definition) is 4. The summed E-state index contributed by atoms with van der Waals surface area (Å²) in [5.74, 6) is -0.374. The van der Waals surface area contributed by atoms with Crippen LogP contribution in [-0.4, -0.2) is 19.1 Å². The van der Waals surface area contributed by atoms with Gasteiger partial charge in [0.1, 0.15) is 17.2 Å². The molecule has 22 heavy (non-hydrogen) atoms. The number of nitrogens with one attached hydrogen (secondary N) is 1. The Labute approximate surface area is 122 Å². The number of imidazole rings is 1. The van der Waals surface area contributed by atoms with Crippen molar-refractivity contribution in [2.45, 2.75) is 0 Å². The summed E-state index contributed by atoms with van der Waals surface area (Å²) in [4.78, 5) is 30.9. The predicted octanol–water partition coefficient (Wildman–Crippen LogP) is 0.638. The first-order valence-corrected chi connectivity index (χ1v) is 6.29. The second kappa shape index (κ2) is 4.66. The number of aromatic amines is 1. The molecule has 0 aliphatic rings. The minimum atomic E-state index is -0.535. The predicted molar refractivity (Wildman–Crippen MR) is 76.7 cm³/mol. The van der Waals surface area contributed by atoms with Gasteiger partial charge < -0.3 is 4.98 Å². The van der Waals surface area contributed by atoms with E-state index in [0.717, 1.165) is 10.6 Å². The van der Waals surface area contributed by atoms with E-state index in [2.05, 4.69) is 9.97 Å². The summed E-state index contributed by atoms with van der Waals surface area (Å²) in [6, 6.07) is 5.59. The van der Waals surface area contributed by atoms with Crippen molar-refractivity contribution in [2.24, 2.45) is 14.1 Å². The molecule has 0 fully saturated rings. The molecule has 0 bridgehead atoms. The normalized spacial score (nSPS) is 10.8. The van der Waals surface area contributed by atoms with Crippen molar-refractivity contribution in [3.05, 3.63) is 50.4 Å². The van der Waals surface area contributed by atoms with Crippen LogP contribution in [0, 0.1) is 17.1 Å². The molecule has 0 aliphatic carbocycles. The molecule has 7 nitrogen and oxygen atoms in total. The molecule has 0 spiro atoms. The Hall–Kier alpha value is -3.21. The number of halogens is 1. The molecule has 0 unspecified atom stereocenters. The SMILES string of the molecule is Cn1c(=O)c2[nH]c(-c3cc(F)ccc3C#N)nc2n(C)c1=O. The Morgan fingerprint density at radius 2 is 2.00 bits per heavy atom. The molecule has 3 rings (SSSR count). The van der Waals surface area contributed by atoms with E-state index in [1.807, 2.05) is 6.07 Å². The largest absolute Gasteiger partial charge is 0.332 e. The van der Waals surface area contributed by atoms with Crippen molar-refractivity contribution in [1.82, 2.24) is 19.1 Å². The highest BCUT2D eigenvalue weighted by molar-refractivity contribution is 5.77. The van der Waals surface area contributed by atoms with Gasteiger partial charge in [0.25, 0.3) is 5.56 Å². The average molecular weight is 299 g/mol. The number of hydrogen-bond donors (Lipinski definition) is 1. The zero-order chi connectivity index (χ0) is 16.0. The third-order valence-corrected chi connectivity index (χ3v) is 3.45. The van der Waals surface area contributed by atoms with Gasteiger partial charge in [-0.3, -0.25) is 13.9 Å². The quantitative estimate of drug-likeness (QED) is 0.713. The maximum absolute atomic E-state index is 13.4. The molecule has 1 aromatic carbocycles. The summed E-state index contributed by atoms with van der Waals surface area (Å²) in [6.07, 6.45) is 0. The molecule has 2 heterocycles. The number of nitriles is 1. The second-order valence-electron chi connectivity index (χ2n) is 4.79. The molecule has 0 radical (unpaired) electrons. The number of fused-ring (bicyclic) bond motifs is 1. The monoisotopic (exact) mass is 299 g/mol. The van der Waals surface area contributed by atoms with Gasteiger partial charge in [-0.05, 0) is 18.2 Å². The van der Waals surface area contributed by atoms with Crippen molar-refractivity contribution < 1.29 is 4.39 Å². The highest BCUT2D eigenvalue weighted by atomic mass is 19.1. The third-order valence-electron chi connectivity index (χ3n) is 3.45. The Balaban J connectivity index is 2.41. The van der Waals surface area contributed by atoms with Crippen LogP contribution >= 0.6 is 0 Å². The van der Waals surface area contributed by atoms with Crippen LogP contribution in [0.15, 0.2) is 27.8 Å². The molecule has 2 aromatic heterocycles. The Kier molecular flexibility index (Phi) is 2.92. The molecule has 8 heteroatoms. The van der Waals surface area contributed by atoms with Crippen molar-refractivity contribution in [1.29, 1.82) is 5.26 Å². The van der Waals surface area contributed by atoms with Gasteiger partial charge in [0.15, 0.2) is 5.65 Å². The van der Waals surface area contributed by atoms with Crippen LogP contribution in [0.1, 0.15) is 5.56 Å². The van der Waals surface area contributed by atoms with E-state index < -0.39 is 17.1 Å². The minimum Gasteiger partial charge on any atom is -0.332 e. The first-order chi connectivity index (χ1) is 10.4. The second-order valence-corrected chi connectivity index (χ2v) is 4.79. The fraction of sp³-hybridized carbons (Fsp3) is 0.143.